The standard InChI is InChI=1S/C6H4F3NO4/c7-6(8,9)4(12)2-1-3(11)10(14)5(2)13/h1,11,13-14H. The number of halogens is 3. The van der Waals surface area contributed by atoms with E-state index in [1.807, 2.05) is 0 Å². The van der Waals surface area contributed by atoms with E-state index in [1.54, 1.807) is 0 Å². The third-order valence-electron chi connectivity index (χ3n) is 1.43. The van der Waals surface area contributed by atoms with Gasteiger partial charge in [0.05, 0.1) is 5.56 Å². The van der Waals surface area contributed by atoms with Crippen LogP contribution in [0.25, 0.3) is 0 Å². The summed E-state index contributed by atoms with van der Waals surface area (Å²) in [7, 11) is 0. The lowest BCUT2D eigenvalue weighted by Crippen LogP contribution is -2.22. The van der Waals surface area contributed by atoms with E-state index in [0.717, 1.165) is 0 Å². The molecule has 78 valence electrons. The van der Waals surface area contributed by atoms with Gasteiger partial charge in [-0.2, -0.15) is 13.2 Å². The number of hydrogen-bond donors (Lipinski definition) is 3. The van der Waals surface area contributed by atoms with Crippen LogP contribution in [0.2, 0.25) is 0 Å². The summed E-state index contributed by atoms with van der Waals surface area (Å²) in [5, 5.41) is 26.1. The molecule has 0 aliphatic carbocycles. The third kappa shape index (κ3) is 1.45. The van der Waals surface area contributed by atoms with Crippen LogP contribution in [0.4, 0.5) is 13.2 Å². The number of alkyl halides is 3. The Bertz CT molecular complexity index is 381. The molecule has 0 radical (unpaired) electrons. The first-order valence-electron chi connectivity index (χ1n) is 3.19. The number of carbonyl (C=O) groups excluding carboxylic acids is 1. The molecule has 0 aromatic carbocycles. The second kappa shape index (κ2) is 2.82. The lowest BCUT2D eigenvalue weighted by Gasteiger charge is -2.02. The van der Waals surface area contributed by atoms with Crippen LogP contribution < -0.4 is 0 Å². The molecule has 0 aliphatic heterocycles. The van der Waals surface area contributed by atoms with Crippen LogP contribution in [0.3, 0.4) is 0 Å². The molecule has 0 aliphatic rings. The van der Waals surface area contributed by atoms with Crippen molar-refractivity contribution >= 4 is 5.78 Å². The molecule has 3 N–H and O–H groups in total. The van der Waals surface area contributed by atoms with Crippen molar-refractivity contribution in [1.29, 1.82) is 0 Å². The summed E-state index contributed by atoms with van der Waals surface area (Å²) in [5.41, 5.74) is -1.21. The molecule has 1 heterocycles. The maximum atomic E-state index is 11.8. The Kier molecular flexibility index (Phi) is 2.06. The van der Waals surface area contributed by atoms with Crippen molar-refractivity contribution in [3.63, 3.8) is 0 Å². The molecular formula is C6H4F3NO4. The number of aromatic nitrogens is 1. The molecule has 5 nitrogen and oxygen atoms in total. The smallest absolute Gasteiger partial charge is 0.455 e. The third-order valence-corrected chi connectivity index (χ3v) is 1.43. The molecule has 14 heavy (non-hydrogen) atoms. The molecule has 0 unspecified atom stereocenters. The van der Waals surface area contributed by atoms with E-state index in [1.165, 1.54) is 0 Å². The topological polar surface area (TPSA) is 82.7 Å². The van der Waals surface area contributed by atoms with E-state index in [-0.39, 0.29) is 4.73 Å². The predicted octanol–water partition coefficient (Wildman–Crippen LogP) is 0.882. The van der Waals surface area contributed by atoms with Crippen molar-refractivity contribution < 1.29 is 33.4 Å². The Morgan fingerprint density at radius 3 is 2.14 bits per heavy atom. The quantitative estimate of drug-likeness (QED) is 0.475. The normalized spacial score (nSPS) is 11.6. The zero-order valence-electron chi connectivity index (χ0n) is 6.41. The van der Waals surface area contributed by atoms with Gasteiger partial charge in [0, 0.05) is 6.07 Å². The van der Waals surface area contributed by atoms with Gasteiger partial charge in [-0.1, -0.05) is 0 Å². The SMILES string of the molecule is O=C(c1cc(O)n(O)c1O)C(F)(F)F. The number of nitrogens with zero attached hydrogens (tertiary/aromatic N) is 1. The highest BCUT2D eigenvalue weighted by Crippen LogP contribution is 2.31. The minimum atomic E-state index is -5.18. The second-order valence-electron chi connectivity index (χ2n) is 2.38. The summed E-state index contributed by atoms with van der Waals surface area (Å²) in [5.74, 6) is -4.77. The number of rotatable bonds is 1. The predicted molar refractivity (Wildman–Crippen MR) is 35.3 cm³/mol. The van der Waals surface area contributed by atoms with Gasteiger partial charge >= 0.3 is 6.18 Å². The Balaban J connectivity index is 3.22. The summed E-state index contributed by atoms with van der Waals surface area (Å²) >= 11 is 0. The van der Waals surface area contributed by atoms with Crippen molar-refractivity contribution in [3.05, 3.63) is 11.6 Å². The Labute approximate surface area is 74.6 Å². The molecule has 0 spiro atoms. The first-order valence-corrected chi connectivity index (χ1v) is 3.19. The highest BCUT2D eigenvalue weighted by atomic mass is 19.4. The molecule has 0 atom stereocenters. The fourth-order valence-corrected chi connectivity index (χ4v) is 0.797. The molecule has 1 rings (SSSR count). The average molecular weight is 211 g/mol. The van der Waals surface area contributed by atoms with Crippen molar-refractivity contribution in [3.8, 4) is 11.8 Å². The van der Waals surface area contributed by atoms with E-state index >= 15 is 0 Å². The highest BCUT2D eigenvalue weighted by Gasteiger charge is 2.42. The van der Waals surface area contributed by atoms with Crippen LogP contribution in [-0.2, 0) is 0 Å². The first-order chi connectivity index (χ1) is 6.25. The van der Waals surface area contributed by atoms with Crippen LogP contribution >= 0.6 is 0 Å². The van der Waals surface area contributed by atoms with Gasteiger partial charge in [-0.25, -0.2) is 0 Å². The zero-order chi connectivity index (χ0) is 11.1. The number of hydrogen-bond acceptors (Lipinski definition) is 4. The zero-order valence-corrected chi connectivity index (χ0v) is 6.41. The van der Waals surface area contributed by atoms with Crippen molar-refractivity contribution in [2.45, 2.75) is 6.18 Å². The summed E-state index contributed by atoms with van der Waals surface area (Å²) in [4.78, 5) is 10.5. The van der Waals surface area contributed by atoms with Crippen molar-refractivity contribution in [1.82, 2.24) is 4.73 Å². The number of Topliss-reactive ketones (excluding diaryl/α,β-unsaturated/α-hetero) is 1. The molecule has 0 saturated carbocycles. The molecule has 0 amide bonds. The van der Waals surface area contributed by atoms with E-state index in [2.05, 4.69) is 0 Å². The van der Waals surface area contributed by atoms with Gasteiger partial charge in [0.25, 0.3) is 5.78 Å². The summed E-state index contributed by atoms with van der Waals surface area (Å²) in [6.45, 7) is 0. The molecule has 1 aromatic rings. The second-order valence-corrected chi connectivity index (χ2v) is 2.38. The molecule has 0 saturated heterocycles. The van der Waals surface area contributed by atoms with E-state index in [4.69, 9.17) is 15.4 Å². The Morgan fingerprint density at radius 2 is 1.86 bits per heavy atom. The molecule has 1 aromatic heterocycles. The van der Waals surface area contributed by atoms with E-state index < -0.39 is 29.3 Å². The van der Waals surface area contributed by atoms with E-state index in [9.17, 15) is 18.0 Å². The number of aromatic hydroxyl groups is 2. The average Bonchev–Trinajstić information content (AvgIpc) is 2.30. The van der Waals surface area contributed by atoms with Crippen LogP contribution in [0.1, 0.15) is 10.4 Å². The van der Waals surface area contributed by atoms with Gasteiger partial charge in [0.1, 0.15) is 0 Å². The Morgan fingerprint density at radius 1 is 1.36 bits per heavy atom. The summed E-state index contributed by atoms with van der Waals surface area (Å²) < 4.78 is 35.1. The maximum absolute atomic E-state index is 11.8. The minimum Gasteiger partial charge on any atom is -0.492 e. The number of carbonyl (C=O) groups is 1. The van der Waals surface area contributed by atoms with Crippen LogP contribution in [-0.4, -0.2) is 32.1 Å². The largest absolute Gasteiger partial charge is 0.492 e. The monoisotopic (exact) mass is 211 g/mol. The van der Waals surface area contributed by atoms with Crippen LogP contribution in [0, 0.1) is 0 Å². The van der Waals surface area contributed by atoms with Gasteiger partial charge in [-0.15, -0.1) is 4.73 Å². The van der Waals surface area contributed by atoms with E-state index in [0.29, 0.717) is 6.07 Å². The van der Waals surface area contributed by atoms with Gasteiger partial charge < -0.3 is 15.4 Å². The summed E-state index contributed by atoms with van der Waals surface area (Å²) in [6, 6.07) is 0.311. The molecule has 8 heteroatoms. The van der Waals surface area contributed by atoms with Crippen molar-refractivity contribution in [2.24, 2.45) is 0 Å². The lowest BCUT2D eigenvalue weighted by atomic mass is 10.2. The lowest BCUT2D eigenvalue weighted by molar-refractivity contribution is -0.0887. The first kappa shape index (κ1) is 10.2. The van der Waals surface area contributed by atoms with Crippen molar-refractivity contribution in [2.75, 3.05) is 0 Å². The fraction of sp³-hybridized carbons (Fsp3) is 0.167. The fourth-order valence-electron chi connectivity index (χ4n) is 0.797. The van der Waals surface area contributed by atoms with Gasteiger partial charge in [0.2, 0.25) is 11.8 Å². The molecular weight excluding hydrogens is 207 g/mol. The molecule has 0 fully saturated rings. The van der Waals surface area contributed by atoms with Gasteiger partial charge in [-0.3, -0.25) is 4.79 Å². The highest BCUT2D eigenvalue weighted by molar-refractivity contribution is 6.02. The van der Waals surface area contributed by atoms with Crippen LogP contribution in [0.15, 0.2) is 6.07 Å². The Hall–Kier alpha value is -1.86. The van der Waals surface area contributed by atoms with Gasteiger partial charge in [0.15, 0.2) is 0 Å². The molecule has 0 bridgehead atoms. The maximum Gasteiger partial charge on any atom is 0.455 e. The summed E-state index contributed by atoms with van der Waals surface area (Å²) in [6.07, 6.45) is -5.18. The number of ketones is 1. The minimum absolute atomic E-state index is 0.311. The van der Waals surface area contributed by atoms with Crippen LogP contribution in [0.5, 0.6) is 11.8 Å². The van der Waals surface area contributed by atoms with Gasteiger partial charge in [-0.05, 0) is 0 Å².